The molecule has 1 aliphatic rings. The molecule has 12 rings (SSSR count). The van der Waals surface area contributed by atoms with Gasteiger partial charge in [-0.15, -0.1) is 0 Å². The number of nitrogens with zero attached hydrogens (tertiary/aromatic N) is 3. The third-order valence-electron chi connectivity index (χ3n) is 11.8. The van der Waals surface area contributed by atoms with Gasteiger partial charge < -0.3 is 4.42 Å². The van der Waals surface area contributed by atoms with Gasteiger partial charge in [-0.05, 0) is 98.1 Å². The van der Waals surface area contributed by atoms with Gasteiger partial charge >= 0.3 is 0 Å². The van der Waals surface area contributed by atoms with Gasteiger partial charge in [0.05, 0.1) is 11.4 Å². The maximum absolute atomic E-state index is 6.62. The van der Waals surface area contributed by atoms with Gasteiger partial charge in [-0.1, -0.05) is 169 Å². The SMILES string of the molecule is c1ccc(-c2cc(-c3ccc(-c4cccnc4)cc3)nc(-c3ccc4c(c3)-c3cc5oc6ccccc6c5cc3Sc3ccccc3-c3ccccc3-c3ccccc3-4)n2)cc1. The van der Waals surface area contributed by atoms with Crippen LogP contribution in [0.1, 0.15) is 0 Å². The molecule has 8 aromatic carbocycles. The van der Waals surface area contributed by atoms with E-state index in [0.717, 1.165) is 88.3 Å². The molecule has 1 aliphatic heterocycles. The van der Waals surface area contributed by atoms with Gasteiger partial charge in [-0.2, -0.15) is 0 Å². The maximum atomic E-state index is 6.62. The normalized spacial score (nSPS) is 11.8. The Morgan fingerprint density at radius 2 is 0.919 bits per heavy atom. The highest BCUT2D eigenvalue weighted by Gasteiger charge is 2.24. The number of pyridine rings is 1. The van der Waals surface area contributed by atoms with Crippen molar-refractivity contribution in [1.82, 2.24) is 15.0 Å². The Kier molecular flexibility index (Phi) is 8.72. The largest absolute Gasteiger partial charge is 0.456 e. The smallest absolute Gasteiger partial charge is 0.160 e. The lowest BCUT2D eigenvalue weighted by atomic mass is 9.86. The average molecular weight is 810 g/mol. The second-order valence-corrected chi connectivity index (χ2v) is 16.6. The van der Waals surface area contributed by atoms with Crippen molar-refractivity contribution in [3.05, 3.63) is 213 Å². The first-order valence-corrected chi connectivity index (χ1v) is 21.5. The topological polar surface area (TPSA) is 51.8 Å². The molecule has 0 aliphatic carbocycles. The van der Waals surface area contributed by atoms with Crippen LogP contribution in [-0.2, 0) is 0 Å². The van der Waals surface area contributed by atoms with Gasteiger partial charge in [0, 0.05) is 49.6 Å². The number of hydrogen-bond acceptors (Lipinski definition) is 5. The first kappa shape index (κ1) is 36.0. The van der Waals surface area contributed by atoms with E-state index in [1.54, 1.807) is 18.0 Å². The summed E-state index contributed by atoms with van der Waals surface area (Å²) >= 11 is 1.80. The second kappa shape index (κ2) is 15.0. The summed E-state index contributed by atoms with van der Waals surface area (Å²) in [7, 11) is 0. The number of furan rings is 1. The van der Waals surface area contributed by atoms with Crippen LogP contribution in [-0.4, -0.2) is 15.0 Å². The molecule has 0 radical (unpaired) electrons. The van der Waals surface area contributed by atoms with Gasteiger partial charge in [-0.3, -0.25) is 4.98 Å². The van der Waals surface area contributed by atoms with Crippen LogP contribution in [0.25, 0.3) is 111 Å². The van der Waals surface area contributed by atoms with Gasteiger partial charge in [0.2, 0.25) is 0 Å². The highest BCUT2D eigenvalue weighted by Crippen LogP contribution is 2.50. The number of hydrogen-bond donors (Lipinski definition) is 0. The zero-order valence-electron chi connectivity index (χ0n) is 33.4. The van der Waals surface area contributed by atoms with Gasteiger partial charge in [0.1, 0.15) is 11.2 Å². The molecule has 4 nitrogen and oxygen atoms in total. The molecule has 0 fully saturated rings. The molecule has 4 heterocycles. The van der Waals surface area contributed by atoms with E-state index in [4.69, 9.17) is 14.4 Å². The van der Waals surface area contributed by atoms with Gasteiger partial charge in [0.15, 0.2) is 5.82 Å². The summed E-state index contributed by atoms with van der Waals surface area (Å²) in [6, 6.07) is 71.0. The Balaban J connectivity index is 1.12. The zero-order chi connectivity index (χ0) is 41.0. The maximum Gasteiger partial charge on any atom is 0.160 e. The Morgan fingerprint density at radius 3 is 1.65 bits per heavy atom. The first-order chi connectivity index (χ1) is 30.7. The summed E-state index contributed by atoms with van der Waals surface area (Å²) in [6.07, 6.45) is 3.69. The van der Waals surface area contributed by atoms with E-state index < -0.39 is 0 Å². The van der Waals surface area contributed by atoms with Crippen molar-refractivity contribution >= 4 is 33.7 Å². The van der Waals surface area contributed by atoms with E-state index in [-0.39, 0.29) is 0 Å². The molecule has 0 spiro atoms. The molecule has 0 saturated heterocycles. The lowest BCUT2D eigenvalue weighted by molar-refractivity contribution is 0.669. The molecular formula is C57H35N3OS. The second-order valence-electron chi connectivity index (χ2n) is 15.5. The van der Waals surface area contributed by atoms with Crippen molar-refractivity contribution in [2.24, 2.45) is 0 Å². The summed E-state index contributed by atoms with van der Waals surface area (Å²) in [5, 5.41) is 2.20. The molecule has 3 aromatic heterocycles. The lowest BCUT2D eigenvalue weighted by Gasteiger charge is -2.18. The summed E-state index contributed by atoms with van der Waals surface area (Å²) in [5.74, 6) is 0.651. The number of benzene rings is 8. The van der Waals surface area contributed by atoms with Crippen LogP contribution in [0.3, 0.4) is 0 Å². The Hall–Kier alpha value is -7.86. The average Bonchev–Trinajstić information content (AvgIpc) is 3.71. The third kappa shape index (κ3) is 6.30. The molecule has 5 heteroatoms. The molecule has 0 amide bonds. The van der Waals surface area contributed by atoms with E-state index in [0.29, 0.717) is 5.82 Å². The van der Waals surface area contributed by atoms with E-state index in [9.17, 15) is 0 Å². The third-order valence-corrected chi connectivity index (χ3v) is 13.0. The molecule has 0 atom stereocenters. The lowest BCUT2D eigenvalue weighted by Crippen LogP contribution is -1.97. The Labute approximate surface area is 363 Å². The van der Waals surface area contributed by atoms with Gasteiger partial charge in [0.25, 0.3) is 0 Å². The number of aromatic nitrogens is 3. The monoisotopic (exact) mass is 809 g/mol. The predicted molar refractivity (Wildman–Crippen MR) is 255 cm³/mol. The fourth-order valence-corrected chi connectivity index (χ4v) is 9.96. The summed E-state index contributed by atoms with van der Waals surface area (Å²) in [5.41, 5.74) is 17.7. The first-order valence-electron chi connectivity index (χ1n) is 20.7. The zero-order valence-corrected chi connectivity index (χ0v) is 34.2. The van der Waals surface area contributed by atoms with Crippen molar-refractivity contribution in [2.75, 3.05) is 0 Å². The molecule has 0 saturated carbocycles. The standard InChI is InChI=1S/C57H35N3OS/c1-2-13-37(14-3-1)51-34-52(38-26-24-36(25-27-38)40-15-12-30-58-35-40)60-57(59-51)39-28-29-45-43-18-5-4-16-41(43)42-17-6-7-19-44(42)47-21-9-11-23-55(47)62-56-33-49-46-20-8-10-22-53(46)61-54(49)32-50(56)48(45)31-39/h1-35H. The van der Waals surface area contributed by atoms with Crippen molar-refractivity contribution in [1.29, 1.82) is 0 Å². The molecule has 11 aromatic rings. The summed E-state index contributed by atoms with van der Waals surface area (Å²) in [6.45, 7) is 0. The van der Waals surface area contributed by atoms with Crippen molar-refractivity contribution in [3.63, 3.8) is 0 Å². The minimum Gasteiger partial charge on any atom is -0.456 e. The highest BCUT2D eigenvalue weighted by atomic mass is 32.2. The highest BCUT2D eigenvalue weighted by molar-refractivity contribution is 7.99. The summed E-state index contributed by atoms with van der Waals surface area (Å²) < 4.78 is 6.62. The van der Waals surface area contributed by atoms with E-state index in [1.165, 1.54) is 27.1 Å². The van der Waals surface area contributed by atoms with Crippen LogP contribution >= 0.6 is 11.8 Å². The fraction of sp³-hybridized carbons (Fsp3) is 0. The van der Waals surface area contributed by atoms with Crippen LogP contribution in [0.2, 0.25) is 0 Å². The molecule has 290 valence electrons. The molecule has 0 bridgehead atoms. The van der Waals surface area contributed by atoms with Crippen LogP contribution < -0.4 is 0 Å². The van der Waals surface area contributed by atoms with Crippen LogP contribution in [0.15, 0.2) is 227 Å². The van der Waals surface area contributed by atoms with E-state index >= 15 is 0 Å². The number of para-hydroxylation sites is 1. The quantitative estimate of drug-likeness (QED) is 0.177. The van der Waals surface area contributed by atoms with Crippen LogP contribution in [0.5, 0.6) is 0 Å². The van der Waals surface area contributed by atoms with E-state index in [2.05, 4.69) is 187 Å². The number of fused-ring (bicyclic) bond motifs is 12. The molecule has 0 N–H and O–H groups in total. The molecule has 0 unspecified atom stereocenters. The Morgan fingerprint density at radius 1 is 0.339 bits per heavy atom. The summed E-state index contributed by atoms with van der Waals surface area (Å²) in [4.78, 5) is 17.3. The predicted octanol–water partition coefficient (Wildman–Crippen LogP) is 15.6. The molecule has 62 heavy (non-hydrogen) atoms. The van der Waals surface area contributed by atoms with Crippen molar-refractivity contribution in [3.8, 4) is 89.5 Å². The number of rotatable bonds is 4. The van der Waals surface area contributed by atoms with Crippen molar-refractivity contribution in [2.45, 2.75) is 9.79 Å². The minimum atomic E-state index is 0.651. The minimum absolute atomic E-state index is 0.651. The van der Waals surface area contributed by atoms with Crippen molar-refractivity contribution < 1.29 is 4.42 Å². The molecular weight excluding hydrogens is 775 g/mol. The fourth-order valence-electron chi connectivity index (χ4n) is 8.84. The van der Waals surface area contributed by atoms with Gasteiger partial charge in [-0.25, -0.2) is 9.97 Å². The van der Waals surface area contributed by atoms with E-state index in [1.807, 2.05) is 24.4 Å². The van der Waals surface area contributed by atoms with Crippen LogP contribution in [0, 0.1) is 0 Å². The van der Waals surface area contributed by atoms with Crippen LogP contribution in [0.4, 0.5) is 0 Å². The Bertz CT molecular complexity index is 3490.